The molecule has 0 aliphatic heterocycles. The Morgan fingerprint density at radius 1 is 0.871 bits per heavy atom. The Balaban J connectivity index is 1.57. The lowest BCUT2D eigenvalue weighted by molar-refractivity contribution is -0.185. The molecule has 0 radical (unpaired) electrons. The fourth-order valence-corrected chi connectivity index (χ4v) is 4.39. The Morgan fingerprint density at radius 3 is 2.06 bits per heavy atom. The van der Waals surface area contributed by atoms with Crippen molar-refractivity contribution in [1.82, 2.24) is 0 Å². The van der Waals surface area contributed by atoms with Gasteiger partial charge in [0.25, 0.3) is 0 Å². The molecule has 0 N–H and O–H groups in total. The van der Waals surface area contributed by atoms with Crippen molar-refractivity contribution < 1.29 is 26.7 Å². The molecular weight excluding hydrogens is 411 g/mol. The molecule has 1 saturated carbocycles. The third-order valence-electron chi connectivity index (χ3n) is 6.23. The maximum Gasteiger partial charge on any atom is 0.426 e. The van der Waals surface area contributed by atoms with Crippen molar-refractivity contribution in [1.29, 1.82) is 0 Å². The summed E-state index contributed by atoms with van der Waals surface area (Å²) in [6.45, 7) is 2.21. The summed E-state index contributed by atoms with van der Waals surface area (Å²) in [7, 11) is 0. The minimum atomic E-state index is -3.80. The van der Waals surface area contributed by atoms with E-state index in [0.717, 1.165) is 24.3 Å². The van der Waals surface area contributed by atoms with Crippen LogP contribution in [-0.4, -0.2) is 0 Å². The highest BCUT2D eigenvalue weighted by Gasteiger charge is 2.35. The number of benzene rings is 2. The van der Waals surface area contributed by atoms with Crippen LogP contribution in [0.2, 0.25) is 0 Å². The molecule has 1 nitrogen and oxygen atoms in total. The Labute approximate surface area is 180 Å². The molecule has 2 aromatic rings. The second-order valence-corrected chi connectivity index (χ2v) is 8.51. The highest BCUT2D eigenvalue weighted by molar-refractivity contribution is 5.30. The lowest BCUT2D eigenvalue weighted by Gasteiger charge is -2.29. The average molecular weight is 440 g/mol. The van der Waals surface area contributed by atoms with Gasteiger partial charge < -0.3 is 4.74 Å². The summed E-state index contributed by atoms with van der Waals surface area (Å²) < 4.78 is 72.9. The van der Waals surface area contributed by atoms with E-state index in [1.165, 1.54) is 57.1 Å². The van der Waals surface area contributed by atoms with E-state index in [-0.39, 0.29) is 0 Å². The van der Waals surface area contributed by atoms with Crippen LogP contribution < -0.4 is 4.74 Å². The summed E-state index contributed by atoms with van der Waals surface area (Å²) in [6.07, 6.45) is 7.04. The van der Waals surface area contributed by atoms with Crippen molar-refractivity contribution in [2.75, 3.05) is 0 Å². The van der Waals surface area contributed by atoms with Crippen LogP contribution in [0.1, 0.15) is 81.8 Å². The van der Waals surface area contributed by atoms with Gasteiger partial charge in [0.05, 0.1) is 5.56 Å². The zero-order chi connectivity index (χ0) is 22.4. The van der Waals surface area contributed by atoms with Gasteiger partial charge in [0.15, 0.2) is 17.5 Å². The molecule has 6 heteroatoms. The Hall–Kier alpha value is -2.11. The van der Waals surface area contributed by atoms with Gasteiger partial charge in [0.1, 0.15) is 5.75 Å². The summed E-state index contributed by atoms with van der Waals surface area (Å²) in [5, 5.41) is 0. The maximum atomic E-state index is 14.4. The van der Waals surface area contributed by atoms with E-state index in [9.17, 15) is 22.0 Å². The third kappa shape index (κ3) is 6.20. The first-order chi connectivity index (χ1) is 14.8. The van der Waals surface area contributed by atoms with E-state index in [2.05, 4.69) is 11.7 Å². The molecule has 0 aromatic heterocycles. The van der Waals surface area contributed by atoms with E-state index in [0.29, 0.717) is 18.1 Å². The van der Waals surface area contributed by atoms with Crippen LogP contribution >= 0.6 is 0 Å². The van der Waals surface area contributed by atoms with Gasteiger partial charge >= 0.3 is 6.11 Å². The van der Waals surface area contributed by atoms with Crippen molar-refractivity contribution in [3.05, 3.63) is 65.0 Å². The highest BCUT2D eigenvalue weighted by Crippen LogP contribution is 2.39. The average Bonchev–Trinajstić information content (AvgIpc) is 2.75. The fraction of sp³-hybridized carbons (Fsp3) is 0.520. The second-order valence-electron chi connectivity index (χ2n) is 8.51. The molecule has 0 bridgehead atoms. The third-order valence-corrected chi connectivity index (χ3v) is 6.23. The molecule has 3 rings (SSSR count). The summed E-state index contributed by atoms with van der Waals surface area (Å²) in [6, 6.07) is 6.71. The predicted octanol–water partition coefficient (Wildman–Crippen LogP) is 8.48. The van der Waals surface area contributed by atoms with Gasteiger partial charge in [0.2, 0.25) is 0 Å². The van der Waals surface area contributed by atoms with Crippen LogP contribution in [-0.2, 0) is 6.11 Å². The molecular formula is C25H29F5O. The maximum absolute atomic E-state index is 14.4. The molecule has 2 aromatic carbocycles. The van der Waals surface area contributed by atoms with Gasteiger partial charge in [-0.05, 0) is 55.2 Å². The first-order valence-corrected chi connectivity index (χ1v) is 11.1. The normalized spacial score (nSPS) is 19.4. The molecule has 1 aliphatic rings. The second kappa shape index (κ2) is 10.5. The van der Waals surface area contributed by atoms with E-state index in [4.69, 9.17) is 0 Å². The van der Waals surface area contributed by atoms with Crippen molar-refractivity contribution in [3.63, 3.8) is 0 Å². The molecule has 0 atom stereocenters. The van der Waals surface area contributed by atoms with Crippen LogP contribution in [0.3, 0.4) is 0 Å². The fourth-order valence-electron chi connectivity index (χ4n) is 4.39. The SMILES string of the molecule is CCCCCC[C@H]1CC[C@H](c2ccc(C(F)(F)Oc3cc(F)c(F)c(F)c3)cc2)CC1. The summed E-state index contributed by atoms with van der Waals surface area (Å²) >= 11 is 0. The number of hydrogen-bond acceptors (Lipinski definition) is 1. The van der Waals surface area contributed by atoms with Crippen LogP contribution in [0.5, 0.6) is 5.75 Å². The molecule has 1 aliphatic carbocycles. The zero-order valence-corrected chi connectivity index (χ0v) is 17.8. The molecule has 0 saturated heterocycles. The number of alkyl halides is 2. The van der Waals surface area contributed by atoms with E-state index < -0.39 is 34.9 Å². The number of halogens is 5. The number of ether oxygens (including phenoxy) is 1. The molecule has 31 heavy (non-hydrogen) atoms. The Morgan fingerprint density at radius 2 is 1.48 bits per heavy atom. The molecule has 170 valence electrons. The standard InChI is InChI=1S/C25H29F5O/c1-2-3-4-5-6-17-7-9-18(10-8-17)19-11-13-20(14-12-19)25(29,30)31-21-15-22(26)24(28)23(27)16-21/h11-18H,2-10H2,1H3/t17-,18-. The summed E-state index contributed by atoms with van der Waals surface area (Å²) in [5.41, 5.74) is 0.592. The summed E-state index contributed by atoms with van der Waals surface area (Å²) in [4.78, 5) is 0. The first kappa shape index (κ1) is 23.6. The zero-order valence-electron chi connectivity index (χ0n) is 17.8. The van der Waals surface area contributed by atoms with Gasteiger partial charge in [-0.15, -0.1) is 0 Å². The minimum absolute atomic E-state index is 0.357. The lowest BCUT2D eigenvalue weighted by Crippen LogP contribution is -2.22. The van der Waals surface area contributed by atoms with Gasteiger partial charge in [-0.3, -0.25) is 0 Å². The van der Waals surface area contributed by atoms with E-state index >= 15 is 0 Å². The molecule has 0 unspecified atom stereocenters. The monoisotopic (exact) mass is 440 g/mol. The van der Waals surface area contributed by atoms with Crippen LogP contribution in [0.25, 0.3) is 0 Å². The lowest BCUT2D eigenvalue weighted by atomic mass is 9.77. The van der Waals surface area contributed by atoms with Crippen molar-refractivity contribution in [2.24, 2.45) is 5.92 Å². The van der Waals surface area contributed by atoms with Crippen LogP contribution in [0, 0.1) is 23.4 Å². The quantitative estimate of drug-likeness (QED) is 0.216. The predicted molar refractivity (Wildman–Crippen MR) is 111 cm³/mol. The van der Waals surface area contributed by atoms with Gasteiger partial charge in [0, 0.05) is 12.1 Å². The van der Waals surface area contributed by atoms with Crippen LogP contribution in [0.4, 0.5) is 22.0 Å². The topological polar surface area (TPSA) is 9.23 Å². The number of unbranched alkanes of at least 4 members (excludes halogenated alkanes) is 3. The first-order valence-electron chi connectivity index (χ1n) is 11.1. The number of hydrogen-bond donors (Lipinski definition) is 0. The van der Waals surface area contributed by atoms with E-state index in [1.54, 1.807) is 12.1 Å². The van der Waals surface area contributed by atoms with Crippen molar-refractivity contribution in [2.45, 2.75) is 76.7 Å². The molecule has 0 spiro atoms. The Bertz CT molecular complexity index is 818. The van der Waals surface area contributed by atoms with Gasteiger partial charge in [-0.2, -0.15) is 8.78 Å². The molecule has 0 heterocycles. The van der Waals surface area contributed by atoms with Crippen LogP contribution in [0.15, 0.2) is 36.4 Å². The van der Waals surface area contributed by atoms with Crippen molar-refractivity contribution in [3.8, 4) is 5.75 Å². The summed E-state index contributed by atoms with van der Waals surface area (Å²) in [5.74, 6) is -4.54. The molecule has 1 fully saturated rings. The highest BCUT2D eigenvalue weighted by atomic mass is 19.3. The number of rotatable bonds is 9. The smallest absolute Gasteiger partial charge is 0.426 e. The van der Waals surface area contributed by atoms with E-state index in [1.807, 2.05) is 0 Å². The van der Waals surface area contributed by atoms with Gasteiger partial charge in [-0.1, -0.05) is 51.2 Å². The largest absolute Gasteiger partial charge is 0.429 e. The Kier molecular flexibility index (Phi) is 7.95. The molecule has 0 amide bonds. The van der Waals surface area contributed by atoms with Crippen molar-refractivity contribution >= 4 is 0 Å². The van der Waals surface area contributed by atoms with Gasteiger partial charge in [-0.25, -0.2) is 13.2 Å². The minimum Gasteiger partial charge on any atom is -0.429 e.